The van der Waals surface area contributed by atoms with E-state index < -0.39 is 10.0 Å². The highest BCUT2D eigenvalue weighted by Gasteiger charge is 2.18. The summed E-state index contributed by atoms with van der Waals surface area (Å²) in [4.78, 5) is 4.48. The molecule has 1 saturated heterocycles. The van der Waals surface area contributed by atoms with Gasteiger partial charge in [-0.2, -0.15) is 0 Å². The topological polar surface area (TPSA) is 71.0 Å². The van der Waals surface area contributed by atoms with Crippen LogP contribution in [0, 0.1) is 0 Å². The molecule has 0 unspecified atom stereocenters. The smallest absolute Gasteiger partial charge is 0.244 e. The van der Waals surface area contributed by atoms with Gasteiger partial charge in [0.15, 0.2) is 5.84 Å². The summed E-state index contributed by atoms with van der Waals surface area (Å²) < 4.78 is 29.3. The SMILES string of the molecule is CCCCCCCCCCCCCCCCOc1cccc(/C(=N\NS(C)(=O)=O)N2CCCCC2)c1. The number of sulfonamides is 1. The van der Waals surface area contributed by atoms with Gasteiger partial charge in [0.2, 0.25) is 10.0 Å². The van der Waals surface area contributed by atoms with E-state index in [-0.39, 0.29) is 0 Å². The Kier molecular flexibility index (Phi) is 15.6. The summed E-state index contributed by atoms with van der Waals surface area (Å²) >= 11 is 0. The molecule has 0 amide bonds. The van der Waals surface area contributed by atoms with Gasteiger partial charge < -0.3 is 9.64 Å². The fourth-order valence-corrected chi connectivity index (χ4v) is 5.01. The summed E-state index contributed by atoms with van der Waals surface area (Å²) in [5, 5.41) is 4.26. The molecule has 1 fully saturated rings. The minimum Gasteiger partial charge on any atom is -0.494 e. The van der Waals surface area contributed by atoms with Crippen LogP contribution >= 0.6 is 0 Å². The van der Waals surface area contributed by atoms with Crippen LogP contribution in [0.1, 0.15) is 122 Å². The molecule has 1 aromatic rings. The molecule has 0 bridgehead atoms. The van der Waals surface area contributed by atoms with Gasteiger partial charge in [-0.15, -0.1) is 5.10 Å². The van der Waals surface area contributed by atoms with Gasteiger partial charge in [0.25, 0.3) is 0 Å². The Balaban J connectivity index is 1.63. The zero-order chi connectivity index (χ0) is 25.9. The molecule has 1 heterocycles. The van der Waals surface area contributed by atoms with E-state index in [0.29, 0.717) is 12.4 Å². The van der Waals surface area contributed by atoms with Crippen LogP contribution < -0.4 is 9.57 Å². The van der Waals surface area contributed by atoms with Crippen molar-refractivity contribution in [2.45, 2.75) is 116 Å². The molecule has 36 heavy (non-hydrogen) atoms. The number of hydrogen-bond donors (Lipinski definition) is 1. The third-order valence-corrected chi connectivity index (χ3v) is 7.25. The molecule has 2 rings (SSSR count). The number of nitrogens with zero attached hydrogens (tertiary/aromatic N) is 2. The first-order chi connectivity index (χ1) is 17.5. The van der Waals surface area contributed by atoms with E-state index in [2.05, 4.69) is 21.8 Å². The lowest BCUT2D eigenvalue weighted by Crippen LogP contribution is -2.38. The molecular weight excluding hydrogens is 470 g/mol. The Morgan fingerprint density at radius 3 is 1.97 bits per heavy atom. The van der Waals surface area contributed by atoms with Gasteiger partial charge in [-0.1, -0.05) is 103 Å². The van der Waals surface area contributed by atoms with Crippen molar-refractivity contribution < 1.29 is 13.2 Å². The van der Waals surface area contributed by atoms with Crippen LogP contribution in [-0.2, 0) is 10.0 Å². The maximum atomic E-state index is 11.6. The van der Waals surface area contributed by atoms with E-state index in [4.69, 9.17) is 4.74 Å². The van der Waals surface area contributed by atoms with Crippen molar-refractivity contribution in [2.24, 2.45) is 5.10 Å². The van der Waals surface area contributed by atoms with Crippen molar-refractivity contribution in [3.8, 4) is 5.75 Å². The first-order valence-electron chi connectivity index (χ1n) is 14.5. The maximum Gasteiger partial charge on any atom is 0.244 e. The molecule has 1 aliphatic rings. The molecular formula is C29H51N3O3S. The van der Waals surface area contributed by atoms with Crippen LogP contribution in [0.4, 0.5) is 0 Å². The van der Waals surface area contributed by atoms with Gasteiger partial charge in [-0.05, 0) is 37.8 Å². The summed E-state index contributed by atoms with van der Waals surface area (Å²) in [6.07, 6.45) is 23.4. The number of amidine groups is 1. The van der Waals surface area contributed by atoms with E-state index in [0.717, 1.165) is 49.9 Å². The minimum atomic E-state index is -3.41. The highest BCUT2D eigenvalue weighted by atomic mass is 32.2. The normalized spacial score (nSPS) is 14.7. The summed E-state index contributed by atoms with van der Waals surface area (Å²) in [6, 6.07) is 7.86. The molecule has 6 nitrogen and oxygen atoms in total. The summed E-state index contributed by atoms with van der Waals surface area (Å²) in [7, 11) is -3.41. The summed E-state index contributed by atoms with van der Waals surface area (Å²) in [5.74, 6) is 1.48. The van der Waals surface area contributed by atoms with Crippen molar-refractivity contribution in [2.75, 3.05) is 26.0 Å². The van der Waals surface area contributed by atoms with Crippen molar-refractivity contribution in [3.05, 3.63) is 29.8 Å². The lowest BCUT2D eigenvalue weighted by molar-refractivity contribution is 0.304. The van der Waals surface area contributed by atoms with Gasteiger partial charge in [0.05, 0.1) is 12.9 Å². The average Bonchev–Trinajstić information content (AvgIpc) is 2.87. The summed E-state index contributed by atoms with van der Waals surface area (Å²) in [6.45, 7) is 4.75. The third-order valence-electron chi connectivity index (χ3n) is 6.83. The lowest BCUT2D eigenvalue weighted by Gasteiger charge is -2.29. The number of hydrazone groups is 1. The predicted molar refractivity (Wildman–Crippen MR) is 152 cm³/mol. The predicted octanol–water partition coefficient (Wildman–Crippen LogP) is 7.24. The quantitative estimate of drug-likeness (QED) is 0.0901. The molecule has 1 aliphatic heterocycles. The molecule has 206 valence electrons. The fraction of sp³-hybridized carbons (Fsp3) is 0.759. The first-order valence-corrected chi connectivity index (χ1v) is 16.4. The molecule has 1 aromatic carbocycles. The van der Waals surface area contributed by atoms with Gasteiger partial charge in [0, 0.05) is 18.7 Å². The number of rotatable bonds is 19. The van der Waals surface area contributed by atoms with Crippen molar-refractivity contribution in [3.63, 3.8) is 0 Å². The fourth-order valence-electron chi connectivity index (χ4n) is 4.76. The Hall–Kier alpha value is -1.76. The molecule has 0 aliphatic carbocycles. The van der Waals surface area contributed by atoms with Gasteiger partial charge >= 0.3 is 0 Å². The standard InChI is InChI=1S/C29H51N3O3S/c1-3-4-5-6-7-8-9-10-11-12-13-14-15-19-25-35-28-22-20-21-27(26-28)29(30-31-36(2,33)34)32-23-17-16-18-24-32/h20-22,26,31H,3-19,23-25H2,1-2H3/b30-29+. The van der Waals surface area contributed by atoms with Gasteiger partial charge in [-0.3, -0.25) is 0 Å². The van der Waals surface area contributed by atoms with Crippen molar-refractivity contribution >= 4 is 15.9 Å². The van der Waals surface area contributed by atoms with Crippen molar-refractivity contribution in [1.82, 2.24) is 9.73 Å². The van der Waals surface area contributed by atoms with Crippen molar-refractivity contribution in [1.29, 1.82) is 0 Å². The Morgan fingerprint density at radius 1 is 0.861 bits per heavy atom. The summed E-state index contributed by atoms with van der Waals surface area (Å²) in [5.41, 5.74) is 0.881. The maximum absolute atomic E-state index is 11.6. The molecule has 0 aromatic heterocycles. The zero-order valence-electron chi connectivity index (χ0n) is 23.0. The van der Waals surface area contributed by atoms with E-state index in [1.165, 1.54) is 89.9 Å². The van der Waals surface area contributed by atoms with Crippen LogP contribution in [0.3, 0.4) is 0 Å². The van der Waals surface area contributed by atoms with E-state index >= 15 is 0 Å². The second kappa shape index (κ2) is 18.5. The van der Waals surface area contributed by atoms with E-state index in [1.54, 1.807) is 0 Å². The highest BCUT2D eigenvalue weighted by Crippen LogP contribution is 2.19. The minimum absolute atomic E-state index is 0.669. The second-order valence-electron chi connectivity index (χ2n) is 10.3. The monoisotopic (exact) mass is 521 g/mol. The highest BCUT2D eigenvalue weighted by molar-refractivity contribution is 7.88. The number of nitrogens with one attached hydrogen (secondary N) is 1. The van der Waals surface area contributed by atoms with Gasteiger partial charge in [0.1, 0.15) is 5.75 Å². The van der Waals surface area contributed by atoms with E-state index in [9.17, 15) is 8.42 Å². The van der Waals surface area contributed by atoms with Crippen LogP contribution in [0.5, 0.6) is 5.75 Å². The number of ether oxygens (including phenoxy) is 1. The number of hydrogen-bond acceptors (Lipinski definition) is 4. The first kappa shape index (κ1) is 30.5. The van der Waals surface area contributed by atoms with Crippen LogP contribution in [-0.4, -0.2) is 45.1 Å². The Morgan fingerprint density at radius 2 is 1.42 bits per heavy atom. The molecule has 0 spiro atoms. The molecule has 0 atom stereocenters. The van der Waals surface area contributed by atoms with Crippen LogP contribution in [0.2, 0.25) is 0 Å². The largest absolute Gasteiger partial charge is 0.494 e. The van der Waals surface area contributed by atoms with E-state index in [1.807, 2.05) is 24.3 Å². The third kappa shape index (κ3) is 14.1. The Bertz CT molecular complexity index is 836. The Labute approximate surface area is 221 Å². The number of unbranched alkanes of at least 4 members (excludes halogenated alkanes) is 13. The molecule has 7 heteroatoms. The second-order valence-corrected chi connectivity index (χ2v) is 12.0. The molecule has 0 radical (unpaired) electrons. The molecule has 0 saturated carbocycles. The number of likely N-dealkylation sites (tertiary alicyclic amines) is 1. The number of piperidine rings is 1. The van der Waals surface area contributed by atoms with Gasteiger partial charge in [-0.25, -0.2) is 13.2 Å². The average molecular weight is 522 g/mol. The molecule has 1 N–H and O–H groups in total. The van der Waals surface area contributed by atoms with Crippen LogP contribution in [0.25, 0.3) is 0 Å². The van der Waals surface area contributed by atoms with Crippen LogP contribution in [0.15, 0.2) is 29.4 Å². The zero-order valence-corrected chi connectivity index (χ0v) is 23.8. The number of benzene rings is 1. The lowest BCUT2D eigenvalue weighted by atomic mass is 10.0.